The SMILES string of the molecule is O=C(COc1cccc(NC(=O)c2ccco2)c1)Nc1ccc(Nc2ccccc2)cc1. The second kappa shape index (κ2) is 9.99. The van der Waals surface area contributed by atoms with Crippen LogP contribution in [0.3, 0.4) is 0 Å². The van der Waals surface area contributed by atoms with Crippen molar-refractivity contribution >= 4 is 34.6 Å². The van der Waals surface area contributed by atoms with Crippen LogP contribution in [-0.4, -0.2) is 18.4 Å². The third kappa shape index (κ3) is 5.76. The quantitative estimate of drug-likeness (QED) is 0.355. The summed E-state index contributed by atoms with van der Waals surface area (Å²) in [6, 6.07) is 27.2. The maximum Gasteiger partial charge on any atom is 0.291 e. The molecule has 0 bridgehead atoms. The van der Waals surface area contributed by atoms with Crippen LogP contribution in [0.25, 0.3) is 0 Å². The molecule has 0 unspecified atom stereocenters. The summed E-state index contributed by atoms with van der Waals surface area (Å²) in [5.41, 5.74) is 3.10. The topological polar surface area (TPSA) is 92.6 Å². The van der Waals surface area contributed by atoms with E-state index in [9.17, 15) is 9.59 Å². The highest BCUT2D eigenvalue weighted by Gasteiger charge is 2.10. The number of benzene rings is 3. The largest absolute Gasteiger partial charge is 0.484 e. The molecule has 7 nitrogen and oxygen atoms in total. The first-order valence-electron chi connectivity index (χ1n) is 9.95. The van der Waals surface area contributed by atoms with Gasteiger partial charge < -0.3 is 25.1 Å². The molecule has 4 rings (SSSR count). The zero-order chi connectivity index (χ0) is 22.2. The van der Waals surface area contributed by atoms with Crippen molar-refractivity contribution in [2.24, 2.45) is 0 Å². The van der Waals surface area contributed by atoms with Crippen LogP contribution in [0, 0.1) is 0 Å². The summed E-state index contributed by atoms with van der Waals surface area (Å²) >= 11 is 0. The molecular formula is C25H21N3O4. The van der Waals surface area contributed by atoms with Gasteiger partial charge in [-0.15, -0.1) is 0 Å². The van der Waals surface area contributed by atoms with Crippen molar-refractivity contribution < 1.29 is 18.7 Å². The molecule has 0 aliphatic carbocycles. The van der Waals surface area contributed by atoms with Gasteiger partial charge in [-0.25, -0.2) is 0 Å². The molecule has 3 N–H and O–H groups in total. The third-order valence-corrected chi connectivity index (χ3v) is 4.44. The smallest absolute Gasteiger partial charge is 0.291 e. The number of hydrogen-bond acceptors (Lipinski definition) is 5. The maximum absolute atomic E-state index is 12.2. The monoisotopic (exact) mass is 427 g/mol. The molecule has 160 valence electrons. The third-order valence-electron chi connectivity index (χ3n) is 4.44. The van der Waals surface area contributed by atoms with Gasteiger partial charge >= 0.3 is 0 Å². The number of anilines is 4. The van der Waals surface area contributed by atoms with Gasteiger partial charge in [0.05, 0.1) is 6.26 Å². The summed E-state index contributed by atoms with van der Waals surface area (Å²) in [5.74, 6) is 0.00868. The highest BCUT2D eigenvalue weighted by molar-refractivity contribution is 6.02. The Balaban J connectivity index is 1.27. The number of carbonyl (C=O) groups excluding carboxylic acids is 2. The van der Waals surface area contributed by atoms with Crippen molar-refractivity contribution in [3.8, 4) is 5.75 Å². The number of rotatable bonds is 8. The van der Waals surface area contributed by atoms with Crippen LogP contribution in [0.4, 0.5) is 22.7 Å². The van der Waals surface area contributed by atoms with Crippen LogP contribution < -0.4 is 20.7 Å². The summed E-state index contributed by atoms with van der Waals surface area (Å²) in [6.07, 6.45) is 1.43. The summed E-state index contributed by atoms with van der Waals surface area (Å²) in [7, 11) is 0. The van der Waals surface area contributed by atoms with E-state index in [-0.39, 0.29) is 24.2 Å². The molecule has 4 aromatic rings. The van der Waals surface area contributed by atoms with Crippen LogP contribution >= 0.6 is 0 Å². The fraction of sp³-hybridized carbons (Fsp3) is 0.0400. The highest BCUT2D eigenvalue weighted by atomic mass is 16.5. The highest BCUT2D eigenvalue weighted by Crippen LogP contribution is 2.20. The summed E-state index contributed by atoms with van der Waals surface area (Å²) in [5, 5.41) is 8.80. The van der Waals surface area contributed by atoms with E-state index < -0.39 is 0 Å². The molecule has 0 aliphatic heterocycles. The zero-order valence-electron chi connectivity index (χ0n) is 17.1. The first-order valence-corrected chi connectivity index (χ1v) is 9.95. The standard InChI is InChI=1S/C25H21N3O4/c29-24(27-20-13-11-19(12-14-20)26-18-6-2-1-3-7-18)17-32-22-9-4-8-21(16-22)28-25(30)23-10-5-15-31-23/h1-16,26H,17H2,(H,27,29)(H,28,30). The van der Waals surface area contributed by atoms with Gasteiger partial charge in [0.2, 0.25) is 0 Å². The number of furan rings is 1. The Labute approximate surface area is 185 Å². The molecule has 0 fully saturated rings. The van der Waals surface area contributed by atoms with Crippen LogP contribution in [0.15, 0.2) is 102 Å². The van der Waals surface area contributed by atoms with Crippen molar-refractivity contribution in [2.45, 2.75) is 0 Å². The second-order valence-electron chi connectivity index (χ2n) is 6.86. The van der Waals surface area contributed by atoms with E-state index in [2.05, 4.69) is 16.0 Å². The lowest BCUT2D eigenvalue weighted by molar-refractivity contribution is -0.118. The number of amides is 2. The van der Waals surface area contributed by atoms with E-state index in [4.69, 9.17) is 9.15 Å². The minimum Gasteiger partial charge on any atom is -0.484 e. The molecule has 0 saturated carbocycles. The zero-order valence-corrected chi connectivity index (χ0v) is 17.1. The van der Waals surface area contributed by atoms with Gasteiger partial charge in [0.25, 0.3) is 11.8 Å². The molecule has 32 heavy (non-hydrogen) atoms. The van der Waals surface area contributed by atoms with Gasteiger partial charge in [-0.3, -0.25) is 9.59 Å². The Hall–Kier alpha value is -4.52. The number of nitrogens with one attached hydrogen (secondary N) is 3. The lowest BCUT2D eigenvalue weighted by Crippen LogP contribution is -2.20. The van der Waals surface area contributed by atoms with E-state index in [0.717, 1.165) is 11.4 Å². The number of carbonyl (C=O) groups is 2. The van der Waals surface area contributed by atoms with E-state index in [1.165, 1.54) is 6.26 Å². The fourth-order valence-corrected chi connectivity index (χ4v) is 2.94. The molecule has 7 heteroatoms. The number of hydrogen-bond donors (Lipinski definition) is 3. The first kappa shape index (κ1) is 20.7. The lowest BCUT2D eigenvalue weighted by atomic mass is 10.2. The van der Waals surface area contributed by atoms with Crippen LogP contribution in [-0.2, 0) is 4.79 Å². The first-order chi connectivity index (χ1) is 15.7. The Morgan fingerprint density at radius 2 is 1.44 bits per heavy atom. The Morgan fingerprint density at radius 3 is 2.19 bits per heavy atom. The maximum atomic E-state index is 12.2. The Kier molecular flexibility index (Phi) is 6.48. The van der Waals surface area contributed by atoms with E-state index in [1.807, 2.05) is 54.6 Å². The minimum atomic E-state index is -0.366. The lowest BCUT2D eigenvalue weighted by Gasteiger charge is -2.10. The summed E-state index contributed by atoms with van der Waals surface area (Å²) in [6.45, 7) is -0.167. The van der Waals surface area contributed by atoms with Gasteiger partial charge in [0.1, 0.15) is 5.75 Å². The predicted octanol–water partition coefficient (Wildman–Crippen LogP) is 5.29. The van der Waals surface area contributed by atoms with Crippen molar-refractivity contribution in [1.29, 1.82) is 0 Å². The second-order valence-corrected chi connectivity index (χ2v) is 6.86. The number of para-hydroxylation sites is 1. The summed E-state index contributed by atoms with van der Waals surface area (Å²) in [4.78, 5) is 24.3. The van der Waals surface area contributed by atoms with E-state index in [1.54, 1.807) is 36.4 Å². The Morgan fingerprint density at radius 1 is 0.719 bits per heavy atom. The predicted molar refractivity (Wildman–Crippen MR) is 123 cm³/mol. The van der Waals surface area contributed by atoms with E-state index in [0.29, 0.717) is 17.1 Å². The summed E-state index contributed by atoms with van der Waals surface area (Å²) < 4.78 is 10.6. The van der Waals surface area contributed by atoms with Crippen LogP contribution in [0.1, 0.15) is 10.6 Å². The van der Waals surface area contributed by atoms with Crippen molar-refractivity contribution in [3.05, 3.63) is 103 Å². The Bertz CT molecular complexity index is 1170. The number of ether oxygens (including phenoxy) is 1. The molecular weight excluding hydrogens is 406 g/mol. The fourth-order valence-electron chi connectivity index (χ4n) is 2.94. The molecule has 0 radical (unpaired) electrons. The van der Waals surface area contributed by atoms with Crippen LogP contribution in [0.5, 0.6) is 5.75 Å². The average molecular weight is 427 g/mol. The van der Waals surface area contributed by atoms with Crippen molar-refractivity contribution in [2.75, 3.05) is 22.6 Å². The molecule has 3 aromatic carbocycles. The normalized spacial score (nSPS) is 10.2. The van der Waals surface area contributed by atoms with E-state index >= 15 is 0 Å². The van der Waals surface area contributed by atoms with Gasteiger partial charge in [-0.2, -0.15) is 0 Å². The molecule has 0 aliphatic rings. The molecule has 1 heterocycles. The molecule has 0 atom stereocenters. The van der Waals surface area contributed by atoms with Crippen molar-refractivity contribution in [3.63, 3.8) is 0 Å². The van der Waals surface area contributed by atoms with Gasteiger partial charge in [-0.1, -0.05) is 24.3 Å². The van der Waals surface area contributed by atoms with Gasteiger partial charge in [-0.05, 0) is 60.7 Å². The average Bonchev–Trinajstić information content (AvgIpc) is 3.35. The molecule has 0 spiro atoms. The molecule has 2 amide bonds. The van der Waals surface area contributed by atoms with Crippen molar-refractivity contribution in [1.82, 2.24) is 0 Å². The molecule has 1 aromatic heterocycles. The minimum absolute atomic E-state index is 0.167. The van der Waals surface area contributed by atoms with Crippen LogP contribution in [0.2, 0.25) is 0 Å². The molecule has 0 saturated heterocycles. The van der Waals surface area contributed by atoms with Gasteiger partial charge in [0, 0.05) is 28.8 Å². The van der Waals surface area contributed by atoms with Gasteiger partial charge in [0.15, 0.2) is 12.4 Å².